The molecule has 3 N–H and O–H groups in total. The molecule has 9 nitrogen and oxygen atoms in total. The van der Waals surface area contributed by atoms with Crippen LogP contribution in [0.4, 0.5) is 0 Å². The number of hydrogen-bond acceptors (Lipinski definition) is 5. The summed E-state index contributed by atoms with van der Waals surface area (Å²) in [6.07, 6.45) is 4.65. The minimum Gasteiger partial charge on any atom is -0.356 e. The van der Waals surface area contributed by atoms with E-state index in [9.17, 15) is 24.4 Å². The van der Waals surface area contributed by atoms with E-state index in [0.29, 0.717) is 19.5 Å². The Morgan fingerprint density at radius 2 is 1.81 bits per heavy atom. The number of nitriles is 1. The van der Waals surface area contributed by atoms with E-state index in [-0.39, 0.29) is 59.1 Å². The van der Waals surface area contributed by atoms with Crippen molar-refractivity contribution in [3.63, 3.8) is 0 Å². The normalized spacial score (nSPS) is 30.7. The summed E-state index contributed by atoms with van der Waals surface area (Å²) < 4.78 is 0. The number of hydrogen-bond donors (Lipinski definition) is 3. The third-order valence-electron chi connectivity index (χ3n) is 9.04. The zero-order valence-electron chi connectivity index (χ0n) is 22.2. The Morgan fingerprint density at radius 1 is 1.14 bits per heavy atom. The molecule has 0 unspecified atom stereocenters. The molecule has 0 spiro atoms. The van der Waals surface area contributed by atoms with Gasteiger partial charge in [-0.05, 0) is 48.3 Å². The molecule has 4 aliphatic rings. The van der Waals surface area contributed by atoms with Crippen molar-refractivity contribution < 1.29 is 19.2 Å². The molecule has 0 bridgehead atoms. The number of carbonyl (C=O) groups is 4. The molecule has 6 atom stereocenters. The molecule has 0 aromatic rings. The molecule has 0 aromatic carbocycles. The summed E-state index contributed by atoms with van der Waals surface area (Å²) in [5, 5.41) is 18.3. The summed E-state index contributed by atoms with van der Waals surface area (Å²) in [6.45, 7) is 11.0. The van der Waals surface area contributed by atoms with Crippen molar-refractivity contribution >= 4 is 23.6 Å². The average Bonchev–Trinajstić information content (AvgIpc) is 3.38. The number of rotatable bonds is 7. The molecule has 4 rings (SSSR count). The van der Waals surface area contributed by atoms with Crippen molar-refractivity contribution in [2.24, 2.45) is 34.5 Å². The Hall–Kier alpha value is -2.63. The lowest BCUT2D eigenvalue weighted by atomic mass is 9.84. The predicted octanol–water partition coefficient (Wildman–Crippen LogP) is 1.73. The first-order valence-corrected chi connectivity index (χ1v) is 13.4. The predicted molar refractivity (Wildman–Crippen MR) is 133 cm³/mol. The van der Waals surface area contributed by atoms with Crippen LogP contribution in [-0.4, -0.2) is 59.7 Å². The minimum absolute atomic E-state index is 0.00160. The van der Waals surface area contributed by atoms with Gasteiger partial charge in [-0.2, -0.15) is 5.26 Å². The maximum Gasteiger partial charge on any atom is 0.246 e. The van der Waals surface area contributed by atoms with E-state index in [2.05, 4.69) is 35.9 Å². The molecular weight excluding hydrogens is 458 g/mol. The standard InChI is InChI=1S/C27H41N5O4/c1-26(2,3)21(31-23(34)15-8-6-7-9-15)25(36)32-14-18-19(27(18,4)5)20(32)24(35)30-17(13-28)12-16-10-11-29-22(16)33/h15-21H,6-12,14H2,1-5H3,(H,29,33)(H,30,35)(H,31,34)/t16-,17-,18-,19-,20-,21+/m0/s1. The number of piperidine rings is 1. The van der Waals surface area contributed by atoms with Gasteiger partial charge in [0.1, 0.15) is 18.1 Å². The van der Waals surface area contributed by atoms with Crippen LogP contribution in [-0.2, 0) is 19.2 Å². The fraction of sp³-hybridized carbons (Fsp3) is 0.815. The van der Waals surface area contributed by atoms with Crippen LogP contribution >= 0.6 is 0 Å². The first kappa shape index (κ1) is 26.4. The van der Waals surface area contributed by atoms with Gasteiger partial charge in [0.2, 0.25) is 23.6 Å². The largest absolute Gasteiger partial charge is 0.356 e. The topological polar surface area (TPSA) is 131 Å². The number of likely N-dealkylation sites (tertiary alicyclic amines) is 1. The van der Waals surface area contributed by atoms with Gasteiger partial charge in [0, 0.05) is 24.9 Å². The molecule has 2 aliphatic carbocycles. The monoisotopic (exact) mass is 499 g/mol. The van der Waals surface area contributed by atoms with Gasteiger partial charge in [-0.15, -0.1) is 0 Å². The lowest BCUT2D eigenvalue weighted by molar-refractivity contribution is -0.146. The summed E-state index contributed by atoms with van der Waals surface area (Å²) in [5.41, 5.74) is -0.601. The highest BCUT2D eigenvalue weighted by Gasteiger charge is 2.69. The average molecular weight is 500 g/mol. The quantitative estimate of drug-likeness (QED) is 0.491. The molecule has 4 fully saturated rings. The molecule has 2 saturated heterocycles. The van der Waals surface area contributed by atoms with Gasteiger partial charge in [-0.25, -0.2) is 0 Å². The van der Waals surface area contributed by atoms with Gasteiger partial charge < -0.3 is 20.9 Å². The molecule has 2 aliphatic heterocycles. The van der Waals surface area contributed by atoms with E-state index >= 15 is 0 Å². The molecule has 2 heterocycles. The van der Waals surface area contributed by atoms with Crippen molar-refractivity contribution in [2.75, 3.05) is 13.1 Å². The number of nitrogens with one attached hydrogen (secondary N) is 3. The SMILES string of the molecule is CC(C)(C)[C@H](NC(=O)C1CCCC1)C(=O)N1C[C@H]2[C@@H]([C@H]1C(=O)N[C@H](C#N)C[C@@H]1CCNC1=O)C2(C)C. The van der Waals surface area contributed by atoms with Gasteiger partial charge >= 0.3 is 0 Å². The highest BCUT2D eigenvalue weighted by molar-refractivity contribution is 5.94. The molecule has 2 saturated carbocycles. The molecule has 0 radical (unpaired) electrons. The van der Waals surface area contributed by atoms with Crippen LogP contribution in [0.5, 0.6) is 0 Å². The van der Waals surface area contributed by atoms with Crippen molar-refractivity contribution in [3.05, 3.63) is 0 Å². The van der Waals surface area contributed by atoms with Gasteiger partial charge in [0.25, 0.3) is 0 Å². The van der Waals surface area contributed by atoms with Crippen molar-refractivity contribution in [2.45, 2.75) is 91.3 Å². The van der Waals surface area contributed by atoms with Gasteiger partial charge in [0.05, 0.1) is 6.07 Å². The van der Waals surface area contributed by atoms with Crippen LogP contribution in [0.1, 0.15) is 73.1 Å². The second-order valence-corrected chi connectivity index (χ2v) is 12.9. The van der Waals surface area contributed by atoms with Crippen LogP contribution in [0.3, 0.4) is 0 Å². The van der Waals surface area contributed by atoms with Gasteiger partial charge in [0.15, 0.2) is 0 Å². The van der Waals surface area contributed by atoms with Crippen molar-refractivity contribution in [3.8, 4) is 6.07 Å². The summed E-state index contributed by atoms with van der Waals surface area (Å²) in [4.78, 5) is 54.1. The Labute approximate surface area is 214 Å². The smallest absolute Gasteiger partial charge is 0.246 e. The first-order valence-electron chi connectivity index (χ1n) is 13.4. The maximum absolute atomic E-state index is 13.9. The van der Waals surface area contributed by atoms with Gasteiger partial charge in [-0.3, -0.25) is 19.2 Å². The van der Waals surface area contributed by atoms with E-state index in [4.69, 9.17) is 0 Å². The third kappa shape index (κ3) is 4.96. The highest BCUT2D eigenvalue weighted by atomic mass is 16.2. The molecule has 198 valence electrons. The van der Waals surface area contributed by atoms with E-state index in [1.165, 1.54) is 0 Å². The van der Waals surface area contributed by atoms with Gasteiger partial charge in [-0.1, -0.05) is 47.5 Å². The second-order valence-electron chi connectivity index (χ2n) is 12.9. The van der Waals surface area contributed by atoms with Crippen LogP contribution in [0.2, 0.25) is 0 Å². The third-order valence-corrected chi connectivity index (χ3v) is 9.04. The number of nitrogens with zero attached hydrogens (tertiary/aromatic N) is 2. The van der Waals surface area contributed by atoms with Crippen LogP contribution < -0.4 is 16.0 Å². The molecule has 4 amide bonds. The molecule has 36 heavy (non-hydrogen) atoms. The Morgan fingerprint density at radius 3 is 2.36 bits per heavy atom. The fourth-order valence-electron chi connectivity index (χ4n) is 6.63. The molecule has 0 aromatic heterocycles. The van der Waals surface area contributed by atoms with E-state index in [1.807, 2.05) is 20.8 Å². The summed E-state index contributed by atoms with van der Waals surface area (Å²) >= 11 is 0. The Bertz CT molecular complexity index is 958. The van der Waals surface area contributed by atoms with Crippen LogP contribution in [0.25, 0.3) is 0 Å². The highest BCUT2D eigenvalue weighted by Crippen LogP contribution is 2.65. The minimum atomic E-state index is -0.801. The molecule has 9 heteroatoms. The Balaban J connectivity index is 1.50. The summed E-state index contributed by atoms with van der Waals surface area (Å²) in [5.74, 6) is -0.898. The number of amides is 4. The van der Waals surface area contributed by atoms with Crippen molar-refractivity contribution in [1.29, 1.82) is 5.26 Å². The zero-order chi connectivity index (χ0) is 26.4. The van der Waals surface area contributed by atoms with E-state index < -0.39 is 23.5 Å². The lowest BCUT2D eigenvalue weighted by Gasteiger charge is -2.38. The van der Waals surface area contributed by atoms with Crippen LogP contribution in [0, 0.1) is 45.8 Å². The zero-order valence-corrected chi connectivity index (χ0v) is 22.2. The summed E-state index contributed by atoms with van der Waals surface area (Å²) in [6, 6.07) is -0.108. The lowest BCUT2D eigenvalue weighted by Crippen LogP contribution is -2.60. The fourth-order valence-corrected chi connectivity index (χ4v) is 6.63. The molecular formula is C27H41N5O4. The maximum atomic E-state index is 13.9. The Kier molecular flexibility index (Phi) is 7.11. The van der Waals surface area contributed by atoms with Crippen molar-refractivity contribution in [1.82, 2.24) is 20.9 Å². The van der Waals surface area contributed by atoms with Crippen LogP contribution in [0.15, 0.2) is 0 Å². The number of fused-ring (bicyclic) bond motifs is 1. The second kappa shape index (κ2) is 9.68. The summed E-state index contributed by atoms with van der Waals surface area (Å²) in [7, 11) is 0. The number of carbonyl (C=O) groups excluding carboxylic acids is 4. The van der Waals surface area contributed by atoms with E-state index in [0.717, 1.165) is 25.7 Å². The first-order chi connectivity index (χ1) is 16.9. The van der Waals surface area contributed by atoms with E-state index in [1.54, 1.807) is 4.90 Å².